The number of ketones is 1. The molecule has 1 saturated heterocycles. The number of para-hydroxylation sites is 1. The largest absolute Gasteiger partial charge is 0.495 e. The number of aromatic nitrogens is 2. The van der Waals surface area contributed by atoms with Crippen LogP contribution < -0.4 is 21.1 Å². The standard InChI is InChI=1S/C25H26ClFN6O3/c1-36-21-11-15(10-16-13-33(14-16)9-8-27)6-7-20(21)31-25-29-12-18(26)24(32-25)30-19-5-3-2-4-17(19)22(34)23(28)35/h2-7,11-12,16H,8-10,13-14H2,1H3,(H2,28,35)(H2,29,30,31,32). The number of benzene rings is 2. The summed E-state index contributed by atoms with van der Waals surface area (Å²) in [7, 11) is 1.58. The first-order valence-corrected chi connectivity index (χ1v) is 11.7. The summed E-state index contributed by atoms with van der Waals surface area (Å²) in [4.78, 5) is 34.3. The number of hydrogen-bond acceptors (Lipinski definition) is 8. The van der Waals surface area contributed by atoms with Crippen molar-refractivity contribution in [2.24, 2.45) is 11.7 Å². The lowest BCUT2D eigenvalue weighted by molar-refractivity contribution is -0.114. The van der Waals surface area contributed by atoms with E-state index in [0.29, 0.717) is 29.6 Å². The number of likely N-dealkylation sites (tertiary alicyclic amines) is 1. The van der Waals surface area contributed by atoms with Crippen LogP contribution in [-0.4, -0.2) is 60.0 Å². The van der Waals surface area contributed by atoms with Crippen LogP contribution >= 0.6 is 11.6 Å². The van der Waals surface area contributed by atoms with Crippen molar-refractivity contribution in [1.29, 1.82) is 0 Å². The highest BCUT2D eigenvalue weighted by atomic mass is 35.5. The number of nitrogens with two attached hydrogens (primary N) is 1. The normalized spacial score (nSPS) is 13.6. The number of carbonyl (C=O) groups excluding carboxylic acids is 2. The number of halogens is 2. The minimum Gasteiger partial charge on any atom is -0.495 e. The van der Waals surface area contributed by atoms with Crippen LogP contribution in [0.25, 0.3) is 0 Å². The molecule has 1 aliphatic heterocycles. The molecule has 0 radical (unpaired) electrons. The van der Waals surface area contributed by atoms with Crippen LogP contribution in [0.15, 0.2) is 48.7 Å². The van der Waals surface area contributed by atoms with Crippen LogP contribution in [-0.2, 0) is 11.2 Å². The highest BCUT2D eigenvalue weighted by Crippen LogP contribution is 2.32. The number of nitrogens with one attached hydrogen (secondary N) is 2. The van der Waals surface area contributed by atoms with Crippen molar-refractivity contribution in [2.75, 3.05) is 44.1 Å². The summed E-state index contributed by atoms with van der Waals surface area (Å²) in [6.45, 7) is 1.97. The van der Waals surface area contributed by atoms with E-state index in [4.69, 9.17) is 22.1 Å². The van der Waals surface area contributed by atoms with Gasteiger partial charge in [0.15, 0.2) is 5.82 Å². The van der Waals surface area contributed by atoms with Gasteiger partial charge in [-0.1, -0.05) is 29.8 Å². The molecule has 0 aliphatic carbocycles. The summed E-state index contributed by atoms with van der Waals surface area (Å²) in [6.07, 6.45) is 2.30. The molecular formula is C25H26ClFN6O3. The number of anilines is 4. The van der Waals surface area contributed by atoms with E-state index < -0.39 is 11.7 Å². The minimum absolute atomic E-state index is 0.103. The number of rotatable bonds is 11. The quantitative estimate of drug-likeness (QED) is 0.262. The third kappa shape index (κ3) is 5.89. The number of methoxy groups -OCH3 is 1. The van der Waals surface area contributed by atoms with E-state index in [9.17, 15) is 14.0 Å². The molecule has 0 unspecified atom stereocenters. The van der Waals surface area contributed by atoms with Crippen LogP contribution in [0.5, 0.6) is 5.75 Å². The maximum Gasteiger partial charge on any atom is 0.289 e. The van der Waals surface area contributed by atoms with Gasteiger partial charge in [-0.2, -0.15) is 4.98 Å². The average molecular weight is 513 g/mol. The van der Waals surface area contributed by atoms with Gasteiger partial charge in [-0.25, -0.2) is 9.37 Å². The number of alkyl halides is 1. The number of Topliss-reactive ketones (excluding diaryl/α,β-unsaturated/α-hetero) is 1. The number of hydrogen-bond donors (Lipinski definition) is 3. The van der Waals surface area contributed by atoms with Gasteiger partial charge in [-0.3, -0.25) is 9.59 Å². The molecule has 2 heterocycles. The van der Waals surface area contributed by atoms with E-state index >= 15 is 0 Å². The molecular weight excluding hydrogens is 487 g/mol. The van der Waals surface area contributed by atoms with Crippen molar-refractivity contribution in [3.05, 3.63) is 64.8 Å². The van der Waals surface area contributed by atoms with Gasteiger partial charge in [0.05, 0.1) is 30.2 Å². The Morgan fingerprint density at radius 3 is 2.69 bits per heavy atom. The molecule has 2 aromatic carbocycles. The first-order valence-electron chi connectivity index (χ1n) is 11.3. The second kappa shape index (κ2) is 11.3. The molecule has 36 heavy (non-hydrogen) atoms. The maximum atomic E-state index is 12.5. The van der Waals surface area contributed by atoms with Gasteiger partial charge in [0.25, 0.3) is 11.7 Å². The Hall–Kier alpha value is -3.76. The smallest absolute Gasteiger partial charge is 0.289 e. The second-order valence-electron chi connectivity index (χ2n) is 8.43. The van der Waals surface area contributed by atoms with E-state index in [1.165, 1.54) is 12.3 Å². The van der Waals surface area contributed by atoms with Crippen LogP contribution in [0.4, 0.5) is 27.5 Å². The molecule has 3 aromatic rings. The zero-order chi connectivity index (χ0) is 25.7. The Balaban J connectivity index is 1.49. The Morgan fingerprint density at radius 1 is 1.19 bits per heavy atom. The Morgan fingerprint density at radius 2 is 1.97 bits per heavy atom. The summed E-state index contributed by atoms with van der Waals surface area (Å²) in [5.41, 5.74) is 7.37. The first-order chi connectivity index (χ1) is 17.4. The fraction of sp³-hybridized carbons (Fsp3) is 0.280. The number of nitrogens with zero attached hydrogens (tertiary/aromatic N) is 3. The fourth-order valence-electron chi connectivity index (χ4n) is 4.09. The van der Waals surface area contributed by atoms with Crippen molar-refractivity contribution in [3.8, 4) is 5.75 Å². The molecule has 11 heteroatoms. The van der Waals surface area contributed by atoms with E-state index in [2.05, 4.69) is 25.5 Å². The zero-order valence-corrected chi connectivity index (χ0v) is 20.4. The molecule has 0 atom stereocenters. The topological polar surface area (TPSA) is 122 Å². The molecule has 188 valence electrons. The van der Waals surface area contributed by atoms with Gasteiger partial charge in [-0.15, -0.1) is 0 Å². The lowest BCUT2D eigenvalue weighted by Gasteiger charge is -2.38. The van der Waals surface area contributed by atoms with Crippen molar-refractivity contribution in [2.45, 2.75) is 6.42 Å². The van der Waals surface area contributed by atoms with Crippen molar-refractivity contribution in [3.63, 3.8) is 0 Å². The number of carbonyl (C=O) groups is 2. The lowest BCUT2D eigenvalue weighted by Crippen LogP contribution is -2.48. The predicted molar refractivity (Wildman–Crippen MR) is 136 cm³/mol. The SMILES string of the molecule is COc1cc(CC2CN(CCF)C2)ccc1Nc1ncc(Cl)c(Nc2ccccc2C(=O)C(N)=O)n1. The third-order valence-corrected chi connectivity index (χ3v) is 6.14. The monoisotopic (exact) mass is 512 g/mol. The summed E-state index contributed by atoms with van der Waals surface area (Å²) in [5, 5.41) is 6.32. The van der Waals surface area contributed by atoms with E-state index in [1.807, 2.05) is 18.2 Å². The molecule has 1 amide bonds. The molecule has 1 aromatic heterocycles. The van der Waals surface area contributed by atoms with Crippen LogP contribution in [0.3, 0.4) is 0 Å². The Kier molecular flexibility index (Phi) is 7.97. The van der Waals surface area contributed by atoms with Gasteiger partial charge in [0.2, 0.25) is 5.95 Å². The summed E-state index contributed by atoms with van der Waals surface area (Å²) in [5.74, 6) is -0.297. The van der Waals surface area contributed by atoms with Crippen molar-refractivity contribution < 1.29 is 18.7 Å². The summed E-state index contributed by atoms with van der Waals surface area (Å²) in [6, 6.07) is 12.3. The number of primary amides is 1. The van der Waals surface area contributed by atoms with E-state index in [-0.39, 0.29) is 29.0 Å². The average Bonchev–Trinajstić information content (AvgIpc) is 2.85. The molecule has 0 bridgehead atoms. The van der Waals surface area contributed by atoms with Gasteiger partial charge >= 0.3 is 0 Å². The molecule has 4 N–H and O–H groups in total. The van der Waals surface area contributed by atoms with E-state index in [1.54, 1.807) is 25.3 Å². The zero-order valence-electron chi connectivity index (χ0n) is 19.6. The maximum absolute atomic E-state index is 12.5. The van der Waals surface area contributed by atoms with Gasteiger partial charge in [0.1, 0.15) is 17.4 Å². The second-order valence-corrected chi connectivity index (χ2v) is 8.84. The molecule has 0 spiro atoms. The number of ether oxygens (including phenoxy) is 1. The van der Waals surface area contributed by atoms with E-state index in [0.717, 1.165) is 25.1 Å². The first kappa shape index (κ1) is 25.3. The minimum atomic E-state index is -1.06. The third-order valence-electron chi connectivity index (χ3n) is 5.86. The molecule has 0 saturated carbocycles. The fourth-order valence-corrected chi connectivity index (χ4v) is 4.23. The van der Waals surface area contributed by atoms with Gasteiger partial charge in [0, 0.05) is 19.6 Å². The van der Waals surface area contributed by atoms with Crippen molar-refractivity contribution >= 4 is 46.4 Å². The van der Waals surface area contributed by atoms with Gasteiger partial charge < -0.3 is 26.0 Å². The van der Waals surface area contributed by atoms with Crippen LogP contribution in [0.2, 0.25) is 5.02 Å². The molecule has 4 rings (SSSR count). The van der Waals surface area contributed by atoms with Crippen LogP contribution in [0, 0.1) is 5.92 Å². The lowest BCUT2D eigenvalue weighted by atomic mass is 9.92. The Labute approximate surface area is 212 Å². The van der Waals surface area contributed by atoms with Gasteiger partial charge in [-0.05, 0) is 42.2 Å². The summed E-state index contributed by atoms with van der Waals surface area (Å²) >= 11 is 6.28. The van der Waals surface area contributed by atoms with Crippen molar-refractivity contribution in [1.82, 2.24) is 14.9 Å². The molecule has 9 nitrogen and oxygen atoms in total. The van der Waals surface area contributed by atoms with Crippen LogP contribution in [0.1, 0.15) is 15.9 Å². The summed E-state index contributed by atoms with van der Waals surface area (Å²) < 4.78 is 18.0. The highest BCUT2D eigenvalue weighted by Gasteiger charge is 2.26. The Bertz CT molecular complexity index is 1270. The predicted octanol–water partition coefficient (Wildman–Crippen LogP) is 3.74. The molecule has 1 aliphatic rings. The number of amides is 1. The highest BCUT2D eigenvalue weighted by molar-refractivity contribution is 6.43. The molecule has 1 fully saturated rings.